The number of ether oxygens (including phenoxy) is 16. The first-order chi connectivity index (χ1) is 57.3. The normalized spacial score (nSPS) is 20.1. The van der Waals surface area contributed by atoms with Crippen molar-refractivity contribution in [2.75, 3.05) is 126 Å². The number of carbonyl (C=O) groups is 2. The number of amides is 2. The smallest absolute Gasteiger partial charge is 0.410 e. The number of hydrogen-bond donors (Lipinski definition) is 2. The van der Waals surface area contributed by atoms with E-state index >= 15 is 0 Å². The summed E-state index contributed by atoms with van der Waals surface area (Å²) in [5.74, 6) is 13.9. The van der Waals surface area contributed by atoms with Crippen molar-refractivity contribution in [2.24, 2.45) is 23.7 Å². The first-order valence-electron chi connectivity index (χ1n) is 41.8. The van der Waals surface area contributed by atoms with Crippen LogP contribution in [0.4, 0.5) is 9.59 Å². The predicted octanol–water partition coefficient (Wildman–Crippen LogP) is 18.7. The standard InChI is InChI=1S/2C20H29NO4.2C15H21NO2.C13H13IO3.C13H14O3.ClH/c2*1-20(2,3)25-19(22)21-10-6-7-14-11-15-13(12-16(14)21)8-9-17(23-4)18(15)24-5;2*1-17-14-6-5-10-9-13-11(4-3-7-16-13)8-12(10)15(14)18-2;1-15-11-5-4-8-6-12(16-2)10(14)7-9(8)13(11)17-3;1-14-10-5-6-11-9(8-10)4-7-12(15-2)13(11)16-3;/h2*8-9,14,16H,6-7,10-12H2,1-5H3;2*5-6,11,13,16H,3-4,7-9H2,1-2H3;4-7H,1-3H3;4-8H,1-3H3;1H/t14-,16?;14-,16-;11-,13?;11-,13-;;;/m1111.../s1. The van der Waals surface area contributed by atoms with E-state index in [1.165, 1.54) is 83.3 Å². The minimum absolute atomic E-state index is 0. The zero-order valence-corrected chi connectivity index (χ0v) is 77.1. The van der Waals surface area contributed by atoms with Crippen molar-refractivity contribution < 1.29 is 85.4 Å². The quantitative estimate of drug-likeness (QED) is 0.0969. The van der Waals surface area contributed by atoms with Crippen molar-refractivity contribution in [3.05, 3.63) is 151 Å². The molecule has 8 aliphatic rings. The maximum absolute atomic E-state index is 12.7. The number of rotatable bonds is 14. The van der Waals surface area contributed by atoms with E-state index in [4.69, 9.17) is 75.8 Å². The molecular formula is C96H128ClIN4O18. The number of halogens is 2. The molecule has 16 rings (SSSR count). The number of nitrogens with one attached hydrogen (secondary N) is 2. The van der Waals surface area contributed by atoms with Gasteiger partial charge in [-0.25, -0.2) is 9.59 Å². The Bertz CT molecular complexity index is 4580. The maximum Gasteiger partial charge on any atom is 0.410 e. The third-order valence-corrected chi connectivity index (χ3v) is 25.2. The molecule has 24 heteroatoms. The average molecular weight is 1790 g/mol. The summed E-state index contributed by atoms with van der Waals surface area (Å²) in [6, 6.07) is 35.9. The Morgan fingerprint density at radius 1 is 0.342 bits per heavy atom. The average Bonchev–Trinajstić information content (AvgIpc) is 0.731. The fraction of sp³-hybridized carbons (Fsp3) is 0.521. The van der Waals surface area contributed by atoms with Gasteiger partial charge in [-0.05, 0) is 303 Å². The highest BCUT2D eigenvalue weighted by atomic mass is 127. The maximum atomic E-state index is 12.7. The van der Waals surface area contributed by atoms with E-state index in [-0.39, 0.29) is 36.7 Å². The Hall–Kier alpha value is -9.04. The number of piperidine rings is 4. The minimum Gasteiger partial charge on any atom is -0.497 e. The molecule has 654 valence electrons. The van der Waals surface area contributed by atoms with Crippen LogP contribution in [0.5, 0.6) is 80.5 Å². The molecule has 4 aliphatic heterocycles. The van der Waals surface area contributed by atoms with E-state index in [0.29, 0.717) is 23.9 Å². The van der Waals surface area contributed by atoms with Crippen LogP contribution < -0.4 is 76.9 Å². The molecule has 0 spiro atoms. The van der Waals surface area contributed by atoms with Gasteiger partial charge >= 0.3 is 12.2 Å². The van der Waals surface area contributed by atoms with Crippen LogP contribution in [-0.4, -0.2) is 183 Å². The van der Waals surface area contributed by atoms with Crippen LogP contribution in [0.15, 0.2) is 103 Å². The number of carbonyl (C=O) groups excluding carboxylic acids is 2. The fourth-order valence-electron chi connectivity index (χ4n) is 18.7. The molecule has 0 aromatic heterocycles. The Labute approximate surface area is 730 Å². The van der Waals surface area contributed by atoms with Crippen LogP contribution in [0, 0.1) is 27.2 Å². The minimum atomic E-state index is -0.465. The molecule has 8 aromatic rings. The molecule has 4 aliphatic carbocycles. The number of fused-ring (bicyclic) bond motifs is 10. The molecule has 0 bridgehead atoms. The van der Waals surface area contributed by atoms with Gasteiger partial charge in [0, 0.05) is 70.3 Å². The largest absolute Gasteiger partial charge is 0.497 e. The molecule has 2 unspecified atom stereocenters. The van der Waals surface area contributed by atoms with Crippen molar-refractivity contribution in [2.45, 2.75) is 180 Å². The van der Waals surface area contributed by atoms with Gasteiger partial charge in [-0.2, -0.15) is 0 Å². The van der Waals surface area contributed by atoms with Gasteiger partial charge in [0.05, 0.1) is 103 Å². The molecule has 8 aromatic carbocycles. The Balaban J connectivity index is 0.000000152. The van der Waals surface area contributed by atoms with Gasteiger partial charge in [-0.15, -0.1) is 12.4 Å². The van der Waals surface area contributed by atoms with Crippen molar-refractivity contribution in [3.8, 4) is 80.5 Å². The van der Waals surface area contributed by atoms with Crippen molar-refractivity contribution in [3.63, 3.8) is 0 Å². The summed E-state index contributed by atoms with van der Waals surface area (Å²) < 4.78 is 88.2. The molecule has 120 heavy (non-hydrogen) atoms. The summed E-state index contributed by atoms with van der Waals surface area (Å²) in [4.78, 5) is 29.2. The number of hydrogen-bond acceptors (Lipinski definition) is 20. The van der Waals surface area contributed by atoms with Crippen LogP contribution in [0.3, 0.4) is 0 Å². The second kappa shape index (κ2) is 42.6. The molecule has 4 fully saturated rings. The van der Waals surface area contributed by atoms with E-state index in [0.717, 1.165) is 208 Å². The molecule has 4 saturated heterocycles. The third kappa shape index (κ3) is 21.7. The Kier molecular flexibility index (Phi) is 33.1. The molecule has 2 N–H and O–H groups in total. The number of methoxy groups -OCH3 is 14. The van der Waals surface area contributed by atoms with E-state index in [9.17, 15) is 9.59 Å². The highest BCUT2D eigenvalue weighted by molar-refractivity contribution is 14.1. The lowest BCUT2D eigenvalue weighted by atomic mass is 9.75. The monoisotopic (exact) mass is 1790 g/mol. The second-order valence-corrected chi connectivity index (χ2v) is 34.7. The van der Waals surface area contributed by atoms with Crippen LogP contribution in [0.25, 0.3) is 21.5 Å². The highest BCUT2D eigenvalue weighted by Crippen LogP contribution is 2.48. The molecule has 0 radical (unpaired) electrons. The SMILES string of the molecule is COc1cc2ccc(OC)c(OC)c2cc1I.COc1ccc2c(OC)c(OC)ccc2c1.COc1ccc2c(c1OC)C[C@H]1CCCN(C(=O)OC(C)(C)C)C1C2.COc1ccc2c(c1OC)C[C@H]1CCCN(C(=O)OC(C)(C)C)[C@@H]1C2.COc1ccc2c(c1OC)C[C@H]1CCCNC1C2.COc1ccc2c(c1OC)C[C@H]1CCCN[C@@H]1C2.Cl. The van der Waals surface area contributed by atoms with Gasteiger partial charge in [-0.3, -0.25) is 0 Å². The number of likely N-dealkylation sites (tertiary alicyclic amines) is 2. The zero-order valence-electron chi connectivity index (χ0n) is 74.1. The van der Waals surface area contributed by atoms with Crippen LogP contribution in [0.2, 0.25) is 0 Å². The Morgan fingerprint density at radius 2 is 0.667 bits per heavy atom. The second-order valence-electron chi connectivity index (χ2n) is 33.5. The molecular weight excluding hydrogens is 1660 g/mol. The van der Waals surface area contributed by atoms with Gasteiger partial charge in [0.15, 0.2) is 69.0 Å². The first kappa shape index (κ1) is 93.2. The summed E-state index contributed by atoms with van der Waals surface area (Å²) in [5, 5.41) is 11.5. The molecule has 22 nitrogen and oxygen atoms in total. The molecule has 8 atom stereocenters. The third-order valence-electron chi connectivity index (χ3n) is 24.3. The summed E-state index contributed by atoms with van der Waals surface area (Å²) in [5.41, 5.74) is 9.59. The number of nitrogens with zero attached hydrogens (tertiary/aromatic N) is 2. The number of benzene rings is 8. The van der Waals surface area contributed by atoms with E-state index in [1.54, 1.807) is 99.5 Å². The lowest BCUT2D eigenvalue weighted by Gasteiger charge is -2.44. The summed E-state index contributed by atoms with van der Waals surface area (Å²) >= 11 is 2.24. The molecule has 2 amide bonds. The highest BCUT2D eigenvalue weighted by Gasteiger charge is 2.43. The van der Waals surface area contributed by atoms with Crippen LogP contribution in [-0.2, 0) is 60.8 Å². The van der Waals surface area contributed by atoms with Crippen LogP contribution in [0.1, 0.15) is 137 Å². The zero-order chi connectivity index (χ0) is 85.4. The van der Waals surface area contributed by atoms with Gasteiger partial charge in [-0.1, -0.05) is 36.4 Å². The van der Waals surface area contributed by atoms with Gasteiger partial charge in [0.25, 0.3) is 0 Å². The molecule has 4 heterocycles. The van der Waals surface area contributed by atoms with E-state index < -0.39 is 11.2 Å². The fourth-order valence-corrected chi connectivity index (χ4v) is 19.4. The van der Waals surface area contributed by atoms with Crippen molar-refractivity contribution in [1.82, 2.24) is 20.4 Å². The summed E-state index contributed by atoms with van der Waals surface area (Å²) in [7, 11) is 23.5. The van der Waals surface area contributed by atoms with Crippen LogP contribution >= 0.6 is 35.0 Å². The van der Waals surface area contributed by atoms with E-state index in [2.05, 4.69) is 57.5 Å². The lowest BCUT2D eigenvalue weighted by molar-refractivity contribution is -0.00234. The summed E-state index contributed by atoms with van der Waals surface area (Å²) in [6.45, 7) is 15.4. The van der Waals surface area contributed by atoms with Crippen molar-refractivity contribution >= 4 is 68.7 Å². The van der Waals surface area contributed by atoms with Gasteiger partial charge < -0.3 is 96.2 Å². The van der Waals surface area contributed by atoms with E-state index in [1.807, 2.05) is 130 Å². The van der Waals surface area contributed by atoms with Gasteiger partial charge in [0.2, 0.25) is 0 Å². The predicted molar refractivity (Wildman–Crippen MR) is 483 cm³/mol. The lowest BCUT2D eigenvalue weighted by Crippen LogP contribution is -2.53. The Morgan fingerprint density at radius 3 is 1.02 bits per heavy atom. The topological polar surface area (TPSA) is 212 Å². The summed E-state index contributed by atoms with van der Waals surface area (Å²) in [6.07, 6.45) is 17.2. The molecule has 0 saturated carbocycles. The first-order valence-corrected chi connectivity index (χ1v) is 42.9. The van der Waals surface area contributed by atoms with Gasteiger partial charge in [0.1, 0.15) is 22.7 Å². The van der Waals surface area contributed by atoms with Crippen molar-refractivity contribution in [1.29, 1.82) is 0 Å².